The van der Waals surface area contributed by atoms with Crippen LogP contribution in [0.4, 0.5) is 0 Å². The first-order valence-corrected chi connectivity index (χ1v) is 8.34. The van der Waals surface area contributed by atoms with E-state index in [1.165, 1.54) is 28.9 Å². The molecule has 0 spiro atoms. The molecule has 0 fully saturated rings. The number of aryl methyl sites for hydroxylation is 1. The van der Waals surface area contributed by atoms with Crippen LogP contribution >= 0.6 is 46.1 Å². The van der Waals surface area contributed by atoms with E-state index in [0.717, 1.165) is 18.4 Å². The van der Waals surface area contributed by atoms with Crippen LogP contribution in [-0.4, -0.2) is 0 Å². The lowest BCUT2D eigenvalue weighted by Crippen LogP contribution is -2.14. The Balaban J connectivity index is 1.97. The van der Waals surface area contributed by atoms with Crippen LogP contribution in [0, 0.1) is 0 Å². The number of rotatable bonds is 2. The summed E-state index contributed by atoms with van der Waals surface area (Å²) in [5.74, 6) is 0.329. The number of thiophene rings is 1. The average Bonchev–Trinajstić information content (AvgIpc) is 2.76. The van der Waals surface area contributed by atoms with Gasteiger partial charge in [-0.15, -0.1) is 22.9 Å². The highest BCUT2D eigenvalue weighted by Crippen LogP contribution is 2.48. The zero-order chi connectivity index (χ0) is 13.4. The summed E-state index contributed by atoms with van der Waals surface area (Å²) in [6, 6.07) is 10.5. The monoisotopic (exact) mass is 330 g/mol. The van der Waals surface area contributed by atoms with Gasteiger partial charge in [0.25, 0.3) is 0 Å². The van der Waals surface area contributed by atoms with Gasteiger partial charge in [-0.3, -0.25) is 0 Å². The van der Waals surface area contributed by atoms with E-state index < -0.39 is 0 Å². The van der Waals surface area contributed by atoms with Crippen molar-refractivity contribution in [2.45, 2.75) is 30.6 Å². The topological polar surface area (TPSA) is 0 Å². The maximum Gasteiger partial charge on any atom is 0.0991 e. The van der Waals surface area contributed by atoms with Gasteiger partial charge in [-0.2, -0.15) is 0 Å². The SMILES string of the molecule is Clc1cc(C(Cl)C2CCCc3ccccc32)c(Cl)s1. The molecule has 0 saturated carbocycles. The van der Waals surface area contributed by atoms with Gasteiger partial charge in [0.15, 0.2) is 0 Å². The summed E-state index contributed by atoms with van der Waals surface area (Å²) < 4.78 is 1.42. The largest absolute Gasteiger partial charge is 0.117 e. The summed E-state index contributed by atoms with van der Waals surface area (Å²) in [6.07, 6.45) is 3.43. The number of hydrogen-bond donors (Lipinski definition) is 0. The Hall–Kier alpha value is -0.210. The minimum Gasteiger partial charge on any atom is -0.117 e. The van der Waals surface area contributed by atoms with Crippen LogP contribution in [0.1, 0.15) is 40.8 Å². The normalized spacial score (nSPS) is 20.1. The molecule has 1 aromatic heterocycles. The van der Waals surface area contributed by atoms with Gasteiger partial charge >= 0.3 is 0 Å². The molecule has 2 atom stereocenters. The van der Waals surface area contributed by atoms with Crippen molar-refractivity contribution in [2.24, 2.45) is 0 Å². The Morgan fingerprint density at radius 3 is 2.74 bits per heavy atom. The summed E-state index contributed by atoms with van der Waals surface area (Å²) in [4.78, 5) is 0. The van der Waals surface area contributed by atoms with Crippen LogP contribution in [0.25, 0.3) is 0 Å². The van der Waals surface area contributed by atoms with Crippen molar-refractivity contribution >= 4 is 46.1 Å². The van der Waals surface area contributed by atoms with Gasteiger partial charge in [0.2, 0.25) is 0 Å². The fourth-order valence-electron chi connectivity index (χ4n) is 2.85. The fraction of sp³-hybridized carbons (Fsp3) is 0.333. The second-order valence-corrected chi connectivity index (χ2v) is 7.63. The molecule has 19 heavy (non-hydrogen) atoms. The van der Waals surface area contributed by atoms with Crippen LogP contribution in [0.5, 0.6) is 0 Å². The molecular formula is C15H13Cl3S. The van der Waals surface area contributed by atoms with Crippen LogP contribution < -0.4 is 0 Å². The van der Waals surface area contributed by atoms with Crippen molar-refractivity contribution in [3.05, 3.63) is 55.7 Å². The van der Waals surface area contributed by atoms with Crippen molar-refractivity contribution in [1.82, 2.24) is 0 Å². The smallest absolute Gasteiger partial charge is 0.0991 e. The second kappa shape index (κ2) is 5.65. The number of hydrogen-bond acceptors (Lipinski definition) is 1. The predicted octanol–water partition coefficient (Wildman–Crippen LogP) is 6.45. The summed E-state index contributed by atoms with van der Waals surface area (Å²) >= 11 is 20.3. The average molecular weight is 332 g/mol. The lowest BCUT2D eigenvalue weighted by molar-refractivity contribution is 0.539. The lowest BCUT2D eigenvalue weighted by Gasteiger charge is -2.29. The number of halogens is 3. The molecule has 0 aliphatic heterocycles. The number of fused-ring (bicyclic) bond motifs is 1. The molecule has 1 aliphatic carbocycles. The summed E-state index contributed by atoms with van der Waals surface area (Å²) in [7, 11) is 0. The minimum atomic E-state index is -0.0994. The van der Waals surface area contributed by atoms with Gasteiger partial charge < -0.3 is 0 Å². The molecule has 0 saturated heterocycles. The van der Waals surface area contributed by atoms with Crippen molar-refractivity contribution in [1.29, 1.82) is 0 Å². The quantitative estimate of drug-likeness (QED) is 0.554. The number of alkyl halides is 1. The van der Waals surface area contributed by atoms with Crippen molar-refractivity contribution < 1.29 is 0 Å². The third-order valence-electron chi connectivity index (χ3n) is 3.75. The zero-order valence-electron chi connectivity index (χ0n) is 10.2. The highest BCUT2D eigenvalue weighted by molar-refractivity contribution is 7.20. The molecule has 0 N–H and O–H groups in total. The van der Waals surface area contributed by atoms with Crippen molar-refractivity contribution in [2.75, 3.05) is 0 Å². The third-order valence-corrected chi connectivity index (χ3v) is 5.81. The Bertz CT molecular complexity index is 591. The van der Waals surface area contributed by atoms with Crippen LogP contribution in [-0.2, 0) is 6.42 Å². The first-order valence-electron chi connectivity index (χ1n) is 6.33. The van der Waals surface area contributed by atoms with E-state index >= 15 is 0 Å². The highest BCUT2D eigenvalue weighted by atomic mass is 35.5. The van der Waals surface area contributed by atoms with Gasteiger partial charge in [0.05, 0.1) is 14.0 Å². The molecule has 1 aromatic carbocycles. The van der Waals surface area contributed by atoms with E-state index in [0.29, 0.717) is 14.6 Å². The predicted molar refractivity (Wildman–Crippen MR) is 85.1 cm³/mol. The zero-order valence-corrected chi connectivity index (χ0v) is 13.3. The van der Waals surface area contributed by atoms with E-state index in [-0.39, 0.29) is 5.38 Å². The maximum atomic E-state index is 6.69. The molecular weight excluding hydrogens is 319 g/mol. The van der Waals surface area contributed by atoms with Gasteiger partial charge in [-0.25, -0.2) is 0 Å². The highest BCUT2D eigenvalue weighted by Gasteiger charge is 2.29. The van der Waals surface area contributed by atoms with Crippen LogP contribution in [0.2, 0.25) is 8.67 Å². The molecule has 0 amide bonds. The molecule has 100 valence electrons. The lowest BCUT2D eigenvalue weighted by atomic mass is 9.80. The summed E-state index contributed by atoms with van der Waals surface area (Å²) in [5, 5.41) is -0.0994. The molecule has 1 heterocycles. The maximum absolute atomic E-state index is 6.69. The van der Waals surface area contributed by atoms with Crippen molar-refractivity contribution in [3.8, 4) is 0 Å². The molecule has 2 aromatic rings. The van der Waals surface area contributed by atoms with Crippen molar-refractivity contribution in [3.63, 3.8) is 0 Å². The third kappa shape index (κ3) is 2.67. The summed E-state index contributed by atoms with van der Waals surface area (Å²) in [6.45, 7) is 0. The van der Waals surface area contributed by atoms with Gasteiger partial charge in [-0.05, 0) is 36.5 Å². The fourth-order valence-corrected chi connectivity index (χ4v) is 4.96. The standard InChI is InChI=1S/C15H13Cl3S/c16-13-8-12(15(18)19-13)14(17)11-7-3-5-9-4-1-2-6-10(9)11/h1-2,4,6,8,11,14H,3,5,7H2. The first kappa shape index (κ1) is 13.8. The second-order valence-electron chi connectivity index (χ2n) is 4.88. The molecule has 1 aliphatic rings. The van der Waals surface area contributed by atoms with Gasteiger partial charge in [0.1, 0.15) is 0 Å². The molecule has 2 unspecified atom stereocenters. The minimum absolute atomic E-state index is 0.0994. The summed E-state index contributed by atoms with van der Waals surface area (Å²) in [5.41, 5.74) is 3.76. The molecule has 4 heteroatoms. The molecule has 0 radical (unpaired) electrons. The van der Waals surface area contributed by atoms with Gasteiger partial charge in [0, 0.05) is 11.5 Å². The Kier molecular flexibility index (Phi) is 4.09. The number of benzene rings is 1. The van der Waals surface area contributed by atoms with E-state index in [1.54, 1.807) is 0 Å². The Morgan fingerprint density at radius 2 is 2.00 bits per heavy atom. The van der Waals surface area contributed by atoms with E-state index in [2.05, 4.69) is 24.3 Å². The Morgan fingerprint density at radius 1 is 1.21 bits per heavy atom. The van der Waals surface area contributed by atoms with E-state index in [4.69, 9.17) is 34.8 Å². The first-order chi connectivity index (χ1) is 9.16. The van der Waals surface area contributed by atoms with E-state index in [9.17, 15) is 0 Å². The Labute approximate surface area is 132 Å². The van der Waals surface area contributed by atoms with Crippen LogP contribution in [0.3, 0.4) is 0 Å². The van der Waals surface area contributed by atoms with Gasteiger partial charge in [-0.1, -0.05) is 47.5 Å². The van der Waals surface area contributed by atoms with Crippen LogP contribution in [0.15, 0.2) is 30.3 Å². The molecule has 0 nitrogen and oxygen atoms in total. The molecule has 3 rings (SSSR count). The van der Waals surface area contributed by atoms with E-state index in [1.807, 2.05) is 6.07 Å². The molecule has 0 bridgehead atoms.